The van der Waals surface area contributed by atoms with Gasteiger partial charge in [0, 0.05) is 11.4 Å². The number of alkyl carbamates (subject to hydrolysis) is 1. The van der Waals surface area contributed by atoms with Gasteiger partial charge in [0.25, 0.3) is 0 Å². The van der Waals surface area contributed by atoms with Crippen LogP contribution in [0.1, 0.15) is 37.3 Å². The van der Waals surface area contributed by atoms with Crippen LogP contribution in [0.5, 0.6) is 0 Å². The Morgan fingerprint density at radius 2 is 1.59 bits per heavy atom. The molecule has 0 aromatic heterocycles. The summed E-state index contributed by atoms with van der Waals surface area (Å²) in [6.07, 6.45) is 1.05. The number of ether oxygens (including phenoxy) is 3. The fraction of sp³-hybridized carbons (Fsp3) is 0.375. The Bertz CT molecular complexity index is 857. The quantitative estimate of drug-likeness (QED) is 0.285. The Morgan fingerprint density at radius 3 is 2.28 bits per heavy atom. The molecule has 8 heteroatoms. The maximum Gasteiger partial charge on any atom is 0.407 e. The number of rotatable bonds is 12. The third kappa shape index (κ3) is 9.83. The van der Waals surface area contributed by atoms with E-state index in [1.807, 2.05) is 49.4 Å². The zero-order valence-electron chi connectivity index (χ0n) is 18.1. The van der Waals surface area contributed by atoms with Crippen molar-refractivity contribution in [2.45, 2.75) is 45.3 Å². The molecular formula is C24H28ClNO6. The van der Waals surface area contributed by atoms with Crippen LogP contribution in [0.25, 0.3) is 0 Å². The maximum atomic E-state index is 12.6. The summed E-state index contributed by atoms with van der Waals surface area (Å²) in [7, 11) is 0. The number of aryl methyl sites for hydroxylation is 1. The first-order valence-electron chi connectivity index (χ1n) is 10.5. The molecule has 172 valence electrons. The molecule has 0 saturated carbocycles. The second kappa shape index (κ2) is 14.1. The highest BCUT2D eigenvalue weighted by Gasteiger charge is 2.23. The van der Waals surface area contributed by atoms with Gasteiger partial charge in [-0.3, -0.25) is 4.79 Å². The van der Waals surface area contributed by atoms with Crippen LogP contribution < -0.4 is 5.32 Å². The van der Waals surface area contributed by atoms with Crippen LogP contribution in [-0.4, -0.2) is 37.3 Å². The normalized spacial score (nSPS) is 11.3. The minimum Gasteiger partial charge on any atom is -0.462 e. The Morgan fingerprint density at radius 1 is 0.906 bits per heavy atom. The van der Waals surface area contributed by atoms with Crippen molar-refractivity contribution >= 4 is 29.6 Å². The lowest BCUT2D eigenvalue weighted by molar-refractivity contribution is -0.147. The number of hydrogen-bond acceptors (Lipinski definition) is 6. The van der Waals surface area contributed by atoms with E-state index >= 15 is 0 Å². The Labute approximate surface area is 193 Å². The summed E-state index contributed by atoms with van der Waals surface area (Å²) in [6, 6.07) is 15.6. The highest BCUT2D eigenvalue weighted by molar-refractivity contribution is 6.30. The van der Waals surface area contributed by atoms with Crippen LogP contribution in [0.4, 0.5) is 4.79 Å². The molecule has 0 bridgehead atoms. The molecule has 0 fully saturated rings. The van der Waals surface area contributed by atoms with Crippen molar-refractivity contribution in [2.24, 2.45) is 0 Å². The van der Waals surface area contributed by atoms with E-state index in [2.05, 4.69) is 5.32 Å². The summed E-state index contributed by atoms with van der Waals surface area (Å²) in [4.78, 5) is 36.1. The fourth-order valence-corrected chi connectivity index (χ4v) is 2.92. The standard InChI is InChI=1S/C24H28ClNO6/c1-2-6-22(27)30-15-16-31-24(29)26-21(14-11-18-9-12-20(25)13-10-18)23(28)32-17-19-7-4-3-5-8-19/h3-5,7-10,12-13,21H,2,6,11,14-17H2,1H3,(H,26,29). The van der Waals surface area contributed by atoms with Crippen molar-refractivity contribution in [3.05, 3.63) is 70.7 Å². The third-order valence-corrected chi connectivity index (χ3v) is 4.72. The largest absolute Gasteiger partial charge is 0.462 e. The summed E-state index contributed by atoms with van der Waals surface area (Å²) in [5.74, 6) is -0.907. The second-order valence-electron chi connectivity index (χ2n) is 7.06. The number of nitrogens with one attached hydrogen (secondary N) is 1. The summed E-state index contributed by atoms with van der Waals surface area (Å²) in [6.45, 7) is 1.82. The monoisotopic (exact) mass is 461 g/mol. The van der Waals surface area contributed by atoms with E-state index in [0.29, 0.717) is 30.7 Å². The fourth-order valence-electron chi connectivity index (χ4n) is 2.79. The van der Waals surface area contributed by atoms with Gasteiger partial charge in [-0.1, -0.05) is 61.0 Å². The first-order chi connectivity index (χ1) is 15.5. The highest BCUT2D eigenvalue weighted by Crippen LogP contribution is 2.13. The molecule has 1 unspecified atom stereocenters. The number of carbonyl (C=O) groups excluding carboxylic acids is 3. The lowest BCUT2D eigenvalue weighted by Crippen LogP contribution is -2.42. The lowest BCUT2D eigenvalue weighted by atomic mass is 10.1. The molecule has 0 aliphatic rings. The van der Waals surface area contributed by atoms with Crippen molar-refractivity contribution in [1.29, 1.82) is 0 Å². The molecule has 0 heterocycles. The van der Waals surface area contributed by atoms with Crippen LogP contribution in [0, 0.1) is 0 Å². The summed E-state index contributed by atoms with van der Waals surface area (Å²) < 4.78 is 15.4. The van der Waals surface area contributed by atoms with E-state index in [-0.39, 0.29) is 25.8 Å². The molecule has 1 atom stereocenters. The minimum atomic E-state index is -0.899. The maximum absolute atomic E-state index is 12.6. The second-order valence-corrected chi connectivity index (χ2v) is 7.50. The van der Waals surface area contributed by atoms with Crippen LogP contribution in [-0.2, 0) is 36.8 Å². The van der Waals surface area contributed by atoms with Crippen molar-refractivity contribution in [3.8, 4) is 0 Å². The topological polar surface area (TPSA) is 90.9 Å². The summed E-state index contributed by atoms with van der Waals surface area (Å²) in [5.41, 5.74) is 1.81. The highest BCUT2D eigenvalue weighted by atomic mass is 35.5. The summed E-state index contributed by atoms with van der Waals surface area (Å²) in [5, 5.41) is 3.17. The van der Waals surface area contributed by atoms with Gasteiger partial charge in [-0.25, -0.2) is 9.59 Å². The van der Waals surface area contributed by atoms with Crippen LogP contribution in [0.15, 0.2) is 54.6 Å². The van der Waals surface area contributed by atoms with Crippen LogP contribution in [0.3, 0.4) is 0 Å². The van der Waals surface area contributed by atoms with Gasteiger partial charge in [0.05, 0.1) is 0 Å². The molecule has 0 aliphatic carbocycles. The first-order valence-corrected chi connectivity index (χ1v) is 10.9. The number of benzene rings is 2. The van der Waals surface area contributed by atoms with Crippen molar-refractivity contribution < 1.29 is 28.6 Å². The van der Waals surface area contributed by atoms with Crippen LogP contribution >= 0.6 is 11.6 Å². The Hall–Kier alpha value is -3.06. The van der Waals surface area contributed by atoms with Gasteiger partial charge in [0.1, 0.15) is 25.9 Å². The molecule has 7 nitrogen and oxygen atoms in total. The van der Waals surface area contributed by atoms with E-state index in [4.69, 9.17) is 25.8 Å². The van der Waals surface area contributed by atoms with E-state index < -0.39 is 18.1 Å². The molecule has 1 amide bonds. The van der Waals surface area contributed by atoms with E-state index in [1.165, 1.54) is 0 Å². The third-order valence-electron chi connectivity index (χ3n) is 4.47. The van der Waals surface area contributed by atoms with E-state index in [1.54, 1.807) is 12.1 Å². The van der Waals surface area contributed by atoms with Gasteiger partial charge in [-0.05, 0) is 42.5 Å². The smallest absolute Gasteiger partial charge is 0.407 e. The average molecular weight is 462 g/mol. The molecule has 2 aromatic carbocycles. The average Bonchev–Trinajstić information content (AvgIpc) is 2.80. The van der Waals surface area contributed by atoms with E-state index in [9.17, 15) is 14.4 Å². The summed E-state index contributed by atoms with van der Waals surface area (Å²) >= 11 is 5.91. The van der Waals surface area contributed by atoms with Crippen molar-refractivity contribution in [1.82, 2.24) is 5.32 Å². The lowest BCUT2D eigenvalue weighted by Gasteiger charge is -2.18. The molecule has 0 radical (unpaired) electrons. The number of carbonyl (C=O) groups is 3. The van der Waals surface area contributed by atoms with Gasteiger partial charge in [-0.2, -0.15) is 0 Å². The number of esters is 2. The van der Waals surface area contributed by atoms with Gasteiger partial charge in [0.15, 0.2) is 0 Å². The van der Waals surface area contributed by atoms with Gasteiger partial charge < -0.3 is 19.5 Å². The van der Waals surface area contributed by atoms with Crippen molar-refractivity contribution in [3.63, 3.8) is 0 Å². The molecule has 32 heavy (non-hydrogen) atoms. The molecule has 2 rings (SSSR count). The van der Waals surface area contributed by atoms with Gasteiger partial charge >= 0.3 is 18.0 Å². The van der Waals surface area contributed by atoms with E-state index in [0.717, 1.165) is 11.1 Å². The van der Waals surface area contributed by atoms with Gasteiger partial charge in [0.2, 0.25) is 0 Å². The molecule has 1 N–H and O–H groups in total. The molecule has 2 aromatic rings. The zero-order valence-corrected chi connectivity index (χ0v) is 18.8. The number of hydrogen-bond donors (Lipinski definition) is 1. The first kappa shape index (κ1) is 25.2. The molecular weight excluding hydrogens is 434 g/mol. The SMILES string of the molecule is CCCC(=O)OCCOC(=O)NC(CCc1ccc(Cl)cc1)C(=O)OCc1ccccc1. The molecule has 0 aliphatic heterocycles. The molecule has 0 spiro atoms. The Kier molecular flexibility index (Phi) is 11.1. The predicted octanol–water partition coefficient (Wildman–Crippen LogP) is 4.45. The Balaban J connectivity index is 1.88. The number of halogens is 1. The molecule has 0 saturated heterocycles. The van der Waals surface area contributed by atoms with Crippen molar-refractivity contribution in [2.75, 3.05) is 13.2 Å². The minimum absolute atomic E-state index is 0.0415. The number of amides is 1. The zero-order chi connectivity index (χ0) is 23.2. The van der Waals surface area contributed by atoms with Gasteiger partial charge in [-0.15, -0.1) is 0 Å². The van der Waals surface area contributed by atoms with Crippen LogP contribution in [0.2, 0.25) is 5.02 Å². The predicted molar refractivity (Wildman–Crippen MR) is 120 cm³/mol.